The maximum Gasteiger partial charge on any atom is 0.305 e. The molecule has 0 aromatic heterocycles. The molecule has 8 heteroatoms. The number of phenolic OH excluding ortho intramolecular Hbond substituents is 1. The smallest absolute Gasteiger partial charge is 0.305 e. The predicted octanol–water partition coefficient (Wildman–Crippen LogP) is 3.35. The van der Waals surface area contributed by atoms with E-state index >= 15 is 0 Å². The van der Waals surface area contributed by atoms with Crippen LogP contribution in [-0.2, 0) is 30.4 Å². The second-order valence-electron chi connectivity index (χ2n) is 11.1. The molecular formula is C30H31NO7. The summed E-state index contributed by atoms with van der Waals surface area (Å²) in [4.78, 5) is 66.2. The van der Waals surface area contributed by atoms with E-state index in [1.165, 1.54) is 6.08 Å². The molecule has 3 aliphatic carbocycles. The van der Waals surface area contributed by atoms with Crippen molar-refractivity contribution in [3.63, 3.8) is 0 Å². The fourth-order valence-electron chi connectivity index (χ4n) is 7.40. The summed E-state index contributed by atoms with van der Waals surface area (Å²) in [6.45, 7) is 6.97. The Morgan fingerprint density at radius 3 is 2.61 bits per heavy atom. The van der Waals surface area contributed by atoms with Gasteiger partial charge in [0.05, 0.1) is 23.7 Å². The number of Topliss-reactive ketones (excluding diaryl/α,β-unsaturated/α-hetero) is 1. The number of amides is 2. The van der Waals surface area contributed by atoms with Crippen LogP contribution in [0.15, 0.2) is 54.2 Å². The van der Waals surface area contributed by atoms with Crippen LogP contribution in [0.2, 0.25) is 0 Å². The molecule has 1 aliphatic heterocycles. The van der Waals surface area contributed by atoms with Gasteiger partial charge in [-0.3, -0.25) is 28.9 Å². The quantitative estimate of drug-likeness (QED) is 0.437. The number of para-hydroxylation sites is 1. The monoisotopic (exact) mass is 517 g/mol. The summed E-state index contributed by atoms with van der Waals surface area (Å²) in [7, 11) is 0. The van der Waals surface area contributed by atoms with Crippen LogP contribution in [0, 0.1) is 29.1 Å². The Bertz CT molecular complexity index is 1350. The Morgan fingerprint density at radius 2 is 1.92 bits per heavy atom. The third-order valence-corrected chi connectivity index (χ3v) is 9.11. The van der Waals surface area contributed by atoms with E-state index < -0.39 is 46.9 Å². The van der Waals surface area contributed by atoms with Crippen molar-refractivity contribution in [2.75, 3.05) is 6.54 Å². The Kier molecular flexibility index (Phi) is 6.24. The standard InChI is InChI=1S/C30H31NO7/c1-4-6-16-7-5-8-19(26(16)35)25-17-9-10-18-24(29(38)31(28(18)37)12-11-23(33)34)20(17)14-21-22(32)13-15(2)27(36)30(21,25)3/h4-5,7-9,13,18,20-21,24-25,35H,1,6,10-12,14H2,2-3H3,(H,33,34)/t18-,20+,21-,24-,25+,30+/m0/s1. The second-order valence-corrected chi connectivity index (χ2v) is 11.1. The van der Waals surface area contributed by atoms with Crippen LogP contribution in [0.5, 0.6) is 5.75 Å². The molecule has 1 aromatic rings. The van der Waals surface area contributed by atoms with Crippen LogP contribution in [0.4, 0.5) is 0 Å². The summed E-state index contributed by atoms with van der Waals surface area (Å²) in [6.07, 6.45) is 5.53. The van der Waals surface area contributed by atoms with Crippen LogP contribution in [0.1, 0.15) is 50.2 Å². The van der Waals surface area contributed by atoms with Crippen LogP contribution < -0.4 is 0 Å². The van der Waals surface area contributed by atoms with E-state index in [2.05, 4.69) is 6.58 Å². The van der Waals surface area contributed by atoms with Crippen molar-refractivity contribution in [3.8, 4) is 5.75 Å². The zero-order chi connectivity index (χ0) is 27.5. The number of carbonyl (C=O) groups excluding carboxylic acids is 4. The van der Waals surface area contributed by atoms with E-state index in [0.717, 1.165) is 10.5 Å². The van der Waals surface area contributed by atoms with Crippen molar-refractivity contribution in [1.82, 2.24) is 4.90 Å². The van der Waals surface area contributed by atoms with E-state index in [1.807, 2.05) is 6.08 Å². The zero-order valence-electron chi connectivity index (χ0n) is 21.5. The molecule has 2 fully saturated rings. The lowest BCUT2D eigenvalue weighted by Crippen LogP contribution is -2.54. The van der Waals surface area contributed by atoms with Gasteiger partial charge in [-0.25, -0.2) is 0 Å². The highest BCUT2D eigenvalue weighted by atomic mass is 16.4. The first-order valence-corrected chi connectivity index (χ1v) is 13.0. The molecule has 1 aromatic carbocycles. The molecule has 0 unspecified atom stereocenters. The van der Waals surface area contributed by atoms with E-state index in [1.54, 1.807) is 38.1 Å². The maximum absolute atomic E-state index is 13.8. The highest BCUT2D eigenvalue weighted by molar-refractivity contribution is 6.13. The fourth-order valence-corrected chi connectivity index (χ4v) is 7.40. The Labute approximate surface area is 220 Å². The molecule has 1 heterocycles. The minimum Gasteiger partial charge on any atom is -0.507 e. The molecule has 1 saturated heterocycles. The first-order chi connectivity index (χ1) is 18.0. The number of aromatic hydroxyl groups is 1. The number of rotatable bonds is 6. The number of aliphatic carboxylic acids is 1. The molecule has 198 valence electrons. The summed E-state index contributed by atoms with van der Waals surface area (Å²) in [5.41, 5.74) is 1.13. The van der Waals surface area contributed by atoms with Crippen molar-refractivity contribution in [1.29, 1.82) is 0 Å². The van der Waals surface area contributed by atoms with Crippen molar-refractivity contribution < 1.29 is 34.2 Å². The number of nitrogens with zero attached hydrogens (tertiary/aromatic N) is 1. The van der Waals surface area contributed by atoms with E-state index in [9.17, 15) is 29.1 Å². The third kappa shape index (κ3) is 3.61. The number of benzene rings is 1. The average Bonchev–Trinajstić information content (AvgIpc) is 3.11. The first kappa shape index (κ1) is 25.8. The summed E-state index contributed by atoms with van der Waals surface area (Å²) in [5.74, 6) is -5.52. The van der Waals surface area contributed by atoms with Gasteiger partial charge in [0.25, 0.3) is 0 Å². The SMILES string of the molecule is C=CCc1cccc([C@H]2C3=CC[C@@H]4C(=O)N(CCC(=O)O)C(=O)[C@@H]4[C@@H]3C[C@H]3C(=O)C=C(C)C(=O)[C@@]23C)c1O. The average molecular weight is 518 g/mol. The van der Waals surface area contributed by atoms with E-state index in [0.29, 0.717) is 23.1 Å². The van der Waals surface area contributed by atoms with Crippen LogP contribution in [-0.4, -0.2) is 51.0 Å². The molecule has 4 aliphatic rings. The van der Waals surface area contributed by atoms with Crippen LogP contribution in [0.3, 0.4) is 0 Å². The minimum absolute atomic E-state index is 0.0328. The number of likely N-dealkylation sites (tertiary alicyclic amines) is 1. The van der Waals surface area contributed by atoms with Gasteiger partial charge in [-0.15, -0.1) is 6.58 Å². The number of fused-ring (bicyclic) bond motifs is 4. The van der Waals surface area contributed by atoms with Crippen LogP contribution in [0.25, 0.3) is 0 Å². The lowest BCUT2D eigenvalue weighted by atomic mass is 9.47. The minimum atomic E-state index is -1.18. The Hall–Kier alpha value is -3.81. The number of phenols is 1. The molecule has 6 atom stereocenters. The third-order valence-electron chi connectivity index (χ3n) is 9.11. The molecule has 8 nitrogen and oxygen atoms in total. The number of carbonyl (C=O) groups is 5. The highest BCUT2D eigenvalue weighted by Crippen LogP contribution is 2.63. The number of hydrogen-bond acceptors (Lipinski definition) is 6. The number of carboxylic acids is 1. The van der Waals surface area contributed by atoms with Crippen LogP contribution >= 0.6 is 0 Å². The van der Waals surface area contributed by atoms with E-state index in [4.69, 9.17) is 5.11 Å². The molecular weight excluding hydrogens is 486 g/mol. The second kappa shape index (κ2) is 9.19. The number of imide groups is 1. The lowest BCUT2D eigenvalue weighted by molar-refractivity contribution is -0.143. The number of allylic oxidation sites excluding steroid dienone is 5. The first-order valence-electron chi connectivity index (χ1n) is 13.0. The molecule has 0 bridgehead atoms. The summed E-state index contributed by atoms with van der Waals surface area (Å²) in [6, 6.07) is 5.35. The Morgan fingerprint density at radius 1 is 1.18 bits per heavy atom. The molecule has 5 rings (SSSR count). The topological polar surface area (TPSA) is 129 Å². The number of hydrogen-bond donors (Lipinski definition) is 2. The van der Waals surface area contributed by atoms with Gasteiger partial charge in [0.2, 0.25) is 11.8 Å². The highest BCUT2D eigenvalue weighted by Gasteiger charge is 2.63. The van der Waals surface area contributed by atoms with Crippen molar-refractivity contribution in [3.05, 3.63) is 65.3 Å². The summed E-state index contributed by atoms with van der Waals surface area (Å²) >= 11 is 0. The normalized spacial score (nSPS) is 32.3. The molecule has 2 amide bonds. The number of ketones is 2. The molecule has 2 N–H and O–H groups in total. The maximum atomic E-state index is 13.8. The van der Waals surface area contributed by atoms with Gasteiger partial charge in [0.15, 0.2) is 11.6 Å². The van der Waals surface area contributed by atoms with Gasteiger partial charge in [-0.1, -0.05) is 42.8 Å². The molecule has 0 spiro atoms. The van der Waals surface area contributed by atoms with Crippen molar-refractivity contribution in [2.24, 2.45) is 29.1 Å². The molecule has 38 heavy (non-hydrogen) atoms. The van der Waals surface area contributed by atoms with Gasteiger partial charge < -0.3 is 10.2 Å². The summed E-state index contributed by atoms with van der Waals surface area (Å²) in [5, 5.41) is 20.5. The van der Waals surface area contributed by atoms with Crippen molar-refractivity contribution in [2.45, 2.75) is 45.4 Å². The molecule has 1 saturated carbocycles. The van der Waals surface area contributed by atoms with Gasteiger partial charge in [0.1, 0.15) is 5.75 Å². The van der Waals surface area contributed by atoms with Gasteiger partial charge in [-0.2, -0.15) is 0 Å². The fraction of sp³-hybridized carbons (Fsp3) is 0.433. The molecule has 0 radical (unpaired) electrons. The van der Waals surface area contributed by atoms with Gasteiger partial charge >= 0.3 is 5.97 Å². The van der Waals surface area contributed by atoms with Crippen molar-refractivity contribution >= 4 is 29.4 Å². The van der Waals surface area contributed by atoms with E-state index in [-0.39, 0.29) is 49.0 Å². The lowest BCUT2D eigenvalue weighted by Gasteiger charge is -2.53. The number of carboxylic acid groups (broad SMARTS) is 1. The Balaban J connectivity index is 1.67. The summed E-state index contributed by atoms with van der Waals surface area (Å²) < 4.78 is 0. The largest absolute Gasteiger partial charge is 0.507 e. The zero-order valence-corrected chi connectivity index (χ0v) is 21.5. The van der Waals surface area contributed by atoms with Gasteiger partial charge in [-0.05, 0) is 49.3 Å². The van der Waals surface area contributed by atoms with Gasteiger partial charge in [0, 0.05) is 23.9 Å². The predicted molar refractivity (Wildman–Crippen MR) is 137 cm³/mol.